The summed E-state index contributed by atoms with van der Waals surface area (Å²) in [7, 11) is 0. The van der Waals surface area contributed by atoms with Gasteiger partial charge in [0, 0.05) is 42.8 Å². The van der Waals surface area contributed by atoms with Gasteiger partial charge in [0.15, 0.2) is 0 Å². The van der Waals surface area contributed by atoms with Crippen LogP contribution in [0.2, 0.25) is 15.1 Å². The summed E-state index contributed by atoms with van der Waals surface area (Å²) in [5.41, 5.74) is 1.49. The number of nitrogens with zero attached hydrogens (tertiary/aromatic N) is 2. The van der Waals surface area contributed by atoms with Crippen molar-refractivity contribution >= 4 is 58.0 Å². The number of hydrogen-bond acceptors (Lipinski definition) is 3. The first kappa shape index (κ1) is 22.7. The number of carbonyl (C=O) groups is 2. The lowest BCUT2D eigenvalue weighted by Crippen LogP contribution is -2.51. The minimum Gasteiger partial charge on any atom is -0.367 e. The van der Waals surface area contributed by atoms with E-state index in [1.165, 1.54) is 6.07 Å². The zero-order chi connectivity index (χ0) is 22.1. The first-order valence-corrected chi connectivity index (χ1v) is 10.8. The lowest BCUT2D eigenvalue weighted by molar-refractivity contribution is -0.139. The molecular weight excluding hydrogens is 445 g/mol. The van der Waals surface area contributed by atoms with E-state index in [1.807, 2.05) is 37.8 Å². The maximum Gasteiger partial charge on any atom is 0.255 e. The minimum absolute atomic E-state index is 0.161. The van der Waals surface area contributed by atoms with Crippen LogP contribution >= 0.6 is 34.8 Å². The molecule has 0 spiro atoms. The summed E-state index contributed by atoms with van der Waals surface area (Å²) in [5, 5.41) is 4.07. The summed E-state index contributed by atoms with van der Waals surface area (Å²) in [6.45, 7) is 8.52. The molecule has 2 aromatic carbocycles. The number of halogens is 3. The van der Waals surface area contributed by atoms with Crippen molar-refractivity contribution in [2.45, 2.75) is 20.8 Å². The molecule has 1 saturated heterocycles. The van der Waals surface area contributed by atoms with Crippen LogP contribution in [0.1, 0.15) is 31.1 Å². The fourth-order valence-corrected chi connectivity index (χ4v) is 3.90. The summed E-state index contributed by atoms with van der Waals surface area (Å²) in [6.07, 6.45) is 0. The number of piperazine rings is 1. The van der Waals surface area contributed by atoms with Crippen molar-refractivity contribution in [2.24, 2.45) is 5.41 Å². The van der Waals surface area contributed by atoms with Gasteiger partial charge in [0.05, 0.1) is 20.8 Å². The summed E-state index contributed by atoms with van der Waals surface area (Å²) in [6, 6.07) is 10.1. The quantitative estimate of drug-likeness (QED) is 0.638. The third-order valence-corrected chi connectivity index (χ3v) is 5.98. The highest BCUT2D eigenvalue weighted by Crippen LogP contribution is 2.31. The number of carbonyl (C=O) groups excluding carboxylic acids is 2. The average Bonchev–Trinajstić information content (AvgIpc) is 2.69. The molecule has 1 heterocycles. The third-order valence-electron chi connectivity index (χ3n) is 4.94. The highest BCUT2D eigenvalue weighted by molar-refractivity contribution is 6.42. The van der Waals surface area contributed by atoms with Crippen LogP contribution in [0.3, 0.4) is 0 Å². The van der Waals surface area contributed by atoms with Crippen LogP contribution in [-0.4, -0.2) is 42.9 Å². The Bertz CT molecular complexity index is 965. The van der Waals surface area contributed by atoms with Gasteiger partial charge in [-0.05, 0) is 36.4 Å². The van der Waals surface area contributed by atoms with E-state index in [1.54, 1.807) is 18.2 Å². The van der Waals surface area contributed by atoms with Gasteiger partial charge in [-0.25, -0.2) is 0 Å². The molecule has 1 fully saturated rings. The molecule has 30 heavy (non-hydrogen) atoms. The Morgan fingerprint density at radius 1 is 0.867 bits per heavy atom. The monoisotopic (exact) mass is 467 g/mol. The van der Waals surface area contributed by atoms with E-state index in [4.69, 9.17) is 34.8 Å². The van der Waals surface area contributed by atoms with E-state index in [2.05, 4.69) is 10.2 Å². The molecule has 0 aromatic heterocycles. The predicted molar refractivity (Wildman–Crippen MR) is 124 cm³/mol. The molecule has 8 heteroatoms. The van der Waals surface area contributed by atoms with Crippen LogP contribution in [-0.2, 0) is 4.79 Å². The van der Waals surface area contributed by atoms with Gasteiger partial charge in [-0.2, -0.15) is 0 Å². The molecule has 160 valence electrons. The Morgan fingerprint density at radius 3 is 2.10 bits per heavy atom. The van der Waals surface area contributed by atoms with Crippen molar-refractivity contribution in [3.8, 4) is 0 Å². The Balaban J connectivity index is 1.65. The fraction of sp³-hybridized carbons (Fsp3) is 0.364. The Morgan fingerprint density at radius 2 is 1.53 bits per heavy atom. The van der Waals surface area contributed by atoms with Crippen molar-refractivity contribution in [1.29, 1.82) is 0 Å². The molecular formula is C22H24Cl3N3O2. The van der Waals surface area contributed by atoms with Crippen molar-refractivity contribution in [1.82, 2.24) is 4.90 Å². The summed E-state index contributed by atoms with van der Waals surface area (Å²) in [5.74, 6) is -0.139. The second-order valence-electron chi connectivity index (χ2n) is 8.28. The van der Waals surface area contributed by atoms with Crippen molar-refractivity contribution < 1.29 is 9.59 Å². The molecule has 0 saturated carbocycles. The van der Waals surface area contributed by atoms with Crippen molar-refractivity contribution in [3.05, 3.63) is 57.0 Å². The molecule has 0 bridgehead atoms. The summed E-state index contributed by atoms with van der Waals surface area (Å²) in [4.78, 5) is 29.0. The zero-order valence-corrected chi connectivity index (χ0v) is 19.4. The first-order valence-electron chi connectivity index (χ1n) is 9.66. The highest BCUT2D eigenvalue weighted by atomic mass is 35.5. The maximum atomic E-state index is 12.5. The van der Waals surface area contributed by atoms with E-state index < -0.39 is 0 Å². The number of rotatable bonds is 3. The van der Waals surface area contributed by atoms with E-state index in [0.717, 1.165) is 5.69 Å². The van der Waals surface area contributed by atoms with Crippen LogP contribution in [0.5, 0.6) is 0 Å². The number of nitrogens with one attached hydrogen (secondary N) is 1. The van der Waals surface area contributed by atoms with E-state index >= 15 is 0 Å². The van der Waals surface area contributed by atoms with Crippen LogP contribution < -0.4 is 10.2 Å². The third kappa shape index (κ3) is 5.20. The smallest absolute Gasteiger partial charge is 0.255 e. The Labute approximate surface area is 191 Å². The largest absolute Gasteiger partial charge is 0.367 e. The lowest BCUT2D eigenvalue weighted by Gasteiger charge is -2.39. The van der Waals surface area contributed by atoms with Gasteiger partial charge in [-0.3, -0.25) is 9.59 Å². The second kappa shape index (κ2) is 9.04. The Kier molecular flexibility index (Phi) is 6.85. The fourth-order valence-electron chi connectivity index (χ4n) is 3.31. The van der Waals surface area contributed by atoms with E-state index in [-0.39, 0.29) is 17.2 Å². The SMILES string of the molecule is CC(C)(C)C(=O)N1CCN(c2ccc(NC(=O)c3ccc(Cl)c(Cl)c3)cc2Cl)CC1. The standard InChI is InChI=1S/C22H24Cl3N3O2/c1-22(2,3)21(30)28-10-8-27(9-11-28)19-7-5-15(13-18(19)25)26-20(29)14-4-6-16(23)17(24)12-14/h4-7,12-13H,8-11H2,1-3H3,(H,26,29). The van der Waals surface area contributed by atoms with Gasteiger partial charge in [-0.1, -0.05) is 55.6 Å². The van der Waals surface area contributed by atoms with Gasteiger partial charge in [0.25, 0.3) is 5.91 Å². The van der Waals surface area contributed by atoms with Gasteiger partial charge in [0.2, 0.25) is 5.91 Å². The molecule has 1 N–H and O–H groups in total. The molecule has 1 aliphatic rings. The maximum absolute atomic E-state index is 12.5. The van der Waals surface area contributed by atoms with Crippen LogP contribution in [0.25, 0.3) is 0 Å². The minimum atomic E-state index is -0.381. The van der Waals surface area contributed by atoms with Gasteiger partial charge < -0.3 is 15.1 Å². The number of anilines is 2. The second-order valence-corrected chi connectivity index (χ2v) is 9.50. The molecule has 0 unspecified atom stereocenters. The molecule has 2 aromatic rings. The van der Waals surface area contributed by atoms with Crippen molar-refractivity contribution in [3.63, 3.8) is 0 Å². The molecule has 1 aliphatic heterocycles. The zero-order valence-electron chi connectivity index (χ0n) is 17.1. The average molecular weight is 469 g/mol. The van der Waals surface area contributed by atoms with Crippen LogP contribution in [0.4, 0.5) is 11.4 Å². The van der Waals surface area contributed by atoms with E-state index in [9.17, 15) is 9.59 Å². The van der Waals surface area contributed by atoms with Gasteiger partial charge >= 0.3 is 0 Å². The number of hydrogen-bond donors (Lipinski definition) is 1. The molecule has 0 aliphatic carbocycles. The lowest BCUT2D eigenvalue weighted by atomic mass is 9.94. The van der Waals surface area contributed by atoms with Crippen LogP contribution in [0.15, 0.2) is 36.4 Å². The molecule has 3 rings (SSSR count). The summed E-state index contributed by atoms with van der Waals surface area (Å²) < 4.78 is 0. The molecule has 5 nitrogen and oxygen atoms in total. The normalized spacial score (nSPS) is 14.6. The number of benzene rings is 2. The molecule has 0 radical (unpaired) electrons. The van der Waals surface area contributed by atoms with Gasteiger partial charge in [-0.15, -0.1) is 0 Å². The van der Waals surface area contributed by atoms with Crippen LogP contribution in [0, 0.1) is 5.41 Å². The molecule has 0 atom stereocenters. The van der Waals surface area contributed by atoms with Crippen molar-refractivity contribution in [2.75, 3.05) is 36.4 Å². The van der Waals surface area contributed by atoms with Gasteiger partial charge in [0.1, 0.15) is 0 Å². The number of amides is 2. The topological polar surface area (TPSA) is 52.7 Å². The predicted octanol–water partition coefficient (Wildman–Crippen LogP) is 5.59. The highest BCUT2D eigenvalue weighted by Gasteiger charge is 2.30. The Hall–Kier alpha value is -1.95. The summed E-state index contributed by atoms with van der Waals surface area (Å²) >= 11 is 18.4. The van der Waals surface area contributed by atoms with E-state index in [0.29, 0.717) is 52.5 Å². The molecule has 2 amide bonds. The first-order chi connectivity index (χ1) is 14.1.